The lowest BCUT2D eigenvalue weighted by Gasteiger charge is -2.34. The molecule has 6 heteroatoms. The number of fused-ring (bicyclic) bond motifs is 2. The summed E-state index contributed by atoms with van der Waals surface area (Å²) in [4.78, 5) is 30.4. The van der Waals surface area contributed by atoms with Gasteiger partial charge in [-0.25, -0.2) is 4.79 Å². The number of benzene rings is 1. The van der Waals surface area contributed by atoms with Gasteiger partial charge in [0.15, 0.2) is 0 Å². The molecule has 144 valence electrons. The predicted octanol–water partition coefficient (Wildman–Crippen LogP) is 2.41. The number of nitrogens with zero attached hydrogens (tertiary/aromatic N) is 2. The maximum absolute atomic E-state index is 13.0. The molecule has 6 nitrogen and oxygen atoms in total. The van der Waals surface area contributed by atoms with Crippen LogP contribution in [0.4, 0.5) is 0 Å². The van der Waals surface area contributed by atoms with Crippen LogP contribution >= 0.6 is 0 Å². The Hall–Kier alpha value is -2.08. The highest BCUT2D eigenvalue weighted by molar-refractivity contribution is 5.82. The Labute approximate surface area is 158 Å². The molecular weight excluding hydrogens is 340 g/mol. The Kier molecular flexibility index (Phi) is 4.31. The van der Waals surface area contributed by atoms with Crippen molar-refractivity contribution in [2.24, 2.45) is 5.92 Å². The molecule has 3 aliphatic rings. The first-order valence-electron chi connectivity index (χ1n) is 10.4. The molecule has 3 unspecified atom stereocenters. The maximum Gasteiger partial charge on any atom is 0.326 e. The Balaban J connectivity index is 1.26. The first-order chi connectivity index (χ1) is 13.2. The molecule has 1 saturated carbocycles. The molecule has 1 aromatic heterocycles. The quantitative estimate of drug-likeness (QED) is 0.855. The predicted molar refractivity (Wildman–Crippen MR) is 105 cm³/mol. The number of amides is 1. The number of carbonyl (C=O) groups is 1. The lowest BCUT2D eigenvalue weighted by Crippen LogP contribution is -2.48. The standard InChI is InChI=1S/C21H28N4O2/c26-20(18-13-14-5-1-2-6-16(14)22-18)24-11-9-15(10-12-24)25-19-8-4-3-7-17(19)23-21(25)27/h3-4,7-8,14-16,18,22H,1-2,5-6,9-13H2,(H,23,27). The van der Waals surface area contributed by atoms with Crippen molar-refractivity contribution < 1.29 is 4.79 Å². The van der Waals surface area contributed by atoms with Crippen LogP contribution in [-0.4, -0.2) is 45.5 Å². The van der Waals surface area contributed by atoms with Crippen LogP contribution in [0.25, 0.3) is 11.0 Å². The summed E-state index contributed by atoms with van der Waals surface area (Å²) in [5, 5.41) is 3.61. The Morgan fingerprint density at radius 3 is 2.63 bits per heavy atom. The molecule has 2 aromatic rings. The lowest BCUT2D eigenvalue weighted by molar-refractivity contribution is -0.134. The third-order valence-corrected chi connectivity index (χ3v) is 6.93. The second kappa shape index (κ2) is 6.82. The van der Waals surface area contributed by atoms with E-state index in [9.17, 15) is 9.59 Å². The number of hydrogen-bond acceptors (Lipinski definition) is 3. The minimum atomic E-state index is -0.0393. The Morgan fingerprint density at radius 2 is 1.81 bits per heavy atom. The number of H-pyrrole nitrogens is 1. The van der Waals surface area contributed by atoms with E-state index in [1.165, 1.54) is 25.7 Å². The summed E-state index contributed by atoms with van der Waals surface area (Å²) in [6, 6.07) is 8.57. The normalized spacial score (nSPS) is 29.2. The number of aromatic amines is 1. The van der Waals surface area contributed by atoms with Crippen LogP contribution in [0.5, 0.6) is 0 Å². The molecular formula is C21H28N4O2. The number of rotatable bonds is 2. The van der Waals surface area contributed by atoms with E-state index in [0.29, 0.717) is 12.0 Å². The van der Waals surface area contributed by atoms with Gasteiger partial charge in [-0.05, 0) is 50.2 Å². The van der Waals surface area contributed by atoms with Crippen LogP contribution in [0, 0.1) is 5.92 Å². The van der Waals surface area contributed by atoms with E-state index in [1.807, 2.05) is 33.7 Å². The van der Waals surface area contributed by atoms with Crippen LogP contribution in [0.15, 0.2) is 29.1 Å². The van der Waals surface area contributed by atoms with Gasteiger partial charge in [0, 0.05) is 25.2 Å². The molecule has 0 radical (unpaired) electrons. The van der Waals surface area contributed by atoms with Crippen molar-refractivity contribution in [1.29, 1.82) is 0 Å². The minimum absolute atomic E-state index is 0.00506. The van der Waals surface area contributed by atoms with Gasteiger partial charge in [-0.15, -0.1) is 0 Å². The van der Waals surface area contributed by atoms with E-state index in [2.05, 4.69) is 10.3 Å². The number of nitrogens with one attached hydrogen (secondary N) is 2. The topological polar surface area (TPSA) is 70.1 Å². The van der Waals surface area contributed by atoms with Crippen LogP contribution in [0.2, 0.25) is 0 Å². The Bertz CT molecular complexity index is 879. The van der Waals surface area contributed by atoms with E-state index in [4.69, 9.17) is 0 Å². The highest BCUT2D eigenvalue weighted by Gasteiger charge is 2.40. The zero-order chi connectivity index (χ0) is 18.4. The van der Waals surface area contributed by atoms with E-state index in [-0.39, 0.29) is 23.7 Å². The van der Waals surface area contributed by atoms with Crippen molar-refractivity contribution in [3.05, 3.63) is 34.7 Å². The molecule has 2 N–H and O–H groups in total. The van der Waals surface area contributed by atoms with Gasteiger partial charge in [-0.2, -0.15) is 0 Å². The van der Waals surface area contributed by atoms with Crippen molar-refractivity contribution in [3.8, 4) is 0 Å². The molecule has 0 bridgehead atoms. The maximum atomic E-state index is 13.0. The van der Waals surface area contributed by atoms with E-state index < -0.39 is 0 Å². The molecule has 3 atom stereocenters. The molecule has 1 aliphatic carbocycles. The summed E-state index contributed by atoms with van der Waals surface area (Å²) in [7, 11) is 0. The van der Waals surface area contributed by atoms with Crippen LogP contribution in [0.1, 0.15) is 51.0 Å². The number of hydrogen-bond donors (Lipinski definition) is 2. The number of aromatic nitrogens is 2. The zero-order valence-electron chi connectivity index (χ0n) is 15.7. The largest absolute Gasteiger partial charge is 0.341 e. The fourth-order valence-corrected chi connectivity index (χ4v) is 5.51. The molecule has 0 spiro atoms. The molecule has 5 rings (SSSR count). The zero-order valence-corrected chi connectivity index (χ0v) is 15.7. The molecule has 3 fully saturated rings. The first kappa shape index (κ1) is 17.0. The van der Waals surface area contributed by atoms with Gasteiger partial charge in [0.2, 0.25) is 5.91 Å². The van der Waals surface area contributed by atoms with Gasteiger partial charge >= 0.3 is 5.69 Å². The molecule has 27 heavy (non-hydrogen) atoms. The molecule has 1 amide bonds. The minimum Gasteiger partial charge on any atom is -0.341 e. The fourth-order valence-electron chi connectivity index (χ4n) is 5.51. The van der Waals surface area contributed by atoms with E-state index in [1.54, 1.807) is 0 Å². The van der Waals surface area contributed by atoms with Gasteiger partial charge in [-0.1, -0.05) is 25.0 Å². The van der Waals surface area contributed by atoms with Crippen molar-refractivity contribution >= 4 is 16.9 Å². The van der Waals surface area contributed by atoms with Crippen LogP contribution in [-0.2, 0) is 4.79 Å². The second-order valence-electron chi connectivity index (χ2n) is 8.48. The van der Waals surface area contributed by atoms with Gasteiger partial charge in [0.25, 0.3) is 0 Å². The number of carbonyl (C=O) groups excluding carboxylic acids is 1. The van der Waals surface area contributed by atoms with Gasteiger partial charge in [0.1, 0.15) is 0 Å². The number of para-hydroxylation sites is 2. The highest BCUT2D eigenvalue weighted by Crippen LogP contribution is 2.34. The number of piperidine rings is 1. The molecule has 2 saturated heterocycles. The summed E-state index contributed by atoms with van der Waals surface area (Å²) in [5.74, 6) is 0.962. The Morgan fingerprint density at radius 1 is 1.04 bits per heavy atom. The average molecular weight is 368 g/mol. The van der Waals surface area contributed by atoms with Crippen LogP contribution in [0.3, 0.4) is 0 Å². The van der Waals surface area contributed by atoms with Gasteiger partial charge < -0.3 is 15.2 Å². The highest BCUT2D eigenvalue weighted by atomic mass is 16.2. The first-order valence-corrected chi connectivity index (χ1v) is 10.4. The second-order valence-corrected chi connectivity index (χ2v) is 8.48. The summed E-state index contributed by atoms with van der Waals surface area (Å²) in [5.41, 5.74) is 1.81. The lowest BCUT2D eigenvalue weighted by atomic mass is 9.85. The van der Waals surface area contributed by atoms with Crippen molar-refractivity contribution in [2.45, 2.75) is 63.1 Å². The number of likely N-dealkylation sites (tertiary alicyclic amines) is 1. The van der Waals surface area contributed by atoms with Crippen LogP contribution < -0.4 is 11.0 Å². The molecule has 1 aromatic carbocycles. The molecule has 3 heterocycles. The summed E-state index contributed by atoms with van der Waals surface area (Å²) >= 11 is 0. The monoisotopic (exact) mass is 368 g/mol. The summed E-state index contributed by atoms with van der Waals surface area (Å²) in [6.45, 7) is 1.48. The smallest absolute Gasteiger partial charge is 0.326 e. The van der Waals surface area contributed by atoms with Crippen molar-refractivity contribution in [3.63, 3.8) is 0 Å². The van der Waals surface area contributed by atoms with Gasteiger partial charge in [0.05, 0.1) is 17.1 Å². The molecule has 2 aliphatic heterocycles. The third kappa shape index (κ3) is 3.00. The summed E-state index contributed by atoms with van der Waals surface area (Å²) in [6.07, 6.45) is 7.78. The van der Waals surface area contributed by atoms with Gasteiger partial charge in [-0.3, -0.25) is 9.36 Å². The van der Waals surface area contributed by atoms with E-state index >= 15 is 0 Å². The average Bonchev–Trinajstić information content (AvgIpc) is 3.27. The summed E-state index contributed by atoms with van der Waals surface area (Å²) < 4.78 is 1.89. The third-order valence-electron chi connectivity index (χ3n) is 6.93. The van der Waals surface area contributed by atoms with Crippen molar-refractivity contribution in [2.75, 3.05) is 13.1 Å². The SMILES string of the molecule is O=C(C1CC2CCCCC2N1)N1CCC(n2c(=O)[nH]c3ccccc32)CC1. The van der Waals surface area contributed by atoms with E-state index in [0.717, 1.165) is 43.4 Å². The van der Waals surface area contributed by atoms with Crippen molar-refractivity contribution in [1.82, 2.24) is 19.8 Å². The number of imidazole rings is 1. The fraction of sp³-hybridized carbons (Fsp3) is 0.619.